The summed E-state index contributed by atoms with van der Waals surface area (Å²) < 4.78 is 0. The Balaban J connectivity index is 3.30. The van der Waals surface area contributed by atoms with Gasteiger partial charge in [-0.2, -0.15) is 0 Å². The lowest BCUT2D eigenvalue weighted by atomic mass is 9.92. The Bertz CT molecular complexity index is 76.8. The fourth-order valence-corrected chi connectivity index (χ4v) is 0.837. The zero-order chi connectivity index (χ0) is 8.15. The second kappa shape index (κ2) is 4.73. The highest BCUT2D eigenvalue weighted by Crippen LogP contribution is 2.16. The van der Waals surface area contributed by atoms with Crippen molar-refractivity contribution in [1.82, 2.24) is 0 Å². The number of hydrogen-bond acceptors (Lipinski definition) is 1. The second-order valence-corrected chi connectivity index (χ2v) is 3.65. The summed E-state index contributed by atoms with van der Waals surface area (Å²) >= 11 is 0. The van der Waals surface area contributed by atoms with Crippen LogP contribution in [-0.4, -0.2) is 11.2 Å². The second-order valence-electron chi connectivity index (χ2n) is 3.65. The van der Waals surface area contributed by atoms with Gasteiger partial charge in [0.2, 0.25) is 0 Å². The molecule has 10 heavy (non-hydrogen) atoms. The van der Waals surface area contributed by atoms with E-state index in [9.17, 15) is 0 Å². The first-order valence-corrected chi connectivity index (χ1v) is 4.22. The predicted molar refractivity (Wildman–Crippen MR) is 44.9 cm³/mol. The average molecular weight is 144 g/mol. The Kier molecular flexibility index (Phi) is 4.71. The third-order valence-electron chi connectivity index (χ3n) is 2.18. The molecule has 0 radical (unpaired) electrons. The summed E-state index contributed by atoms with van der Waals surface area (Å²) in [4.78, 5) is 0. The lowest BCUT2D eigenvalue weighted by molar-refractivity contribution is 0.169. The average Bonchev–Trinajstić information content (AvgIpc) is 1.82. The van der Waals surface area contributed by atoms with Crippen LogP contribution in [-0.2, 0) is 0 Å². The Morgan fingerprint density at radius 3 is 1.80 bits per heavy atom. The molecule has 1 unspecified atom stereocenters. The van der Waals surface area contributed by atoms with Gasteiger partial charge in [-0.25, -0.2) is 0 Å². The van der Waals surface area contributed by atoms with Gasteiger partial charge in [0.25, 0.3) is 0 Å². The molecule has 0 aliphatic carbocycles. The summed E-state index contributed by atoms with van der Waals surface area (Å²) in [5, 5.41) is 8.98. The molecule has 0 bridgehead atoms. The van der Waals surface area contributed by atoms with Crippen LogP contribution in [0.3, 0.4) is 0 Å². The van der Waals surface area contributed by atoms with Crippen LogP contribution in [0, 0.1) is 11.8 Å². The molecule has 0 aromatic heterocycles. The molecule has 0 aliphatic rings. The molecule has 0 heterocycles. The molecule has 1 nitrogen and oxygen atoms in total. The van der Waals surface area contributed by atoms with Crippen molar-refractivity contribution in [2.45, 2.75) is 46.6 Å². The van der Waals surface area contributed by atoms with Crippen molar-refractivity contribution in [3.8, 4) is 0 Å². The molecule has 0 aromatic rings. The molecule has 0 amide bonds. The normalized spacial score (nSPS) is 17.4. The van der Waals surface area contributed by atoms with Gasteiger partial charge in [-0.3, -0.25) is 0 Å². The minimum atomic E-state index is -0.124. The molecule has 0 aromatic carbocycles. The van der Waals surface area contributed by atoms with Crippen molar-refractivity contribution in [3.63, 3.8) is 0 Å². The minimum absolute atomic E-state index is 0.124. The van der Waals surface area contributed by atoms with E-state index in [1.165, 1.54) is 0 Å². The number of hydrogen-bond donors (Lipinski definition) is 1. The van der Waals surface area contributed by atoms with Crippen molar-refractivity contribution < 1.29 is 5.11 Å². The van der Waals surface area contributed by atoms with Gasteiger partial charge in [-0.15, -0.1) is 0 Å². The molecule has 0 rings (SSSR count). The van der Waals surface area contributed by atoms with Crippen molar-refractivity contribution >= 4 is 0 Å². The lowest BCUT2D eigenvalue weighted by Crippen LogP contribution is -2.08. The van der Waals surface area contributed by atoms with Crippen LogP contribution in [0.15, 0.2) is 0 Å². The summed E-state index contributed by atoms with van der Waals surface area (Å²) in [5.41, 5.74) is 0. The van der Waals surface area contributed by atoms with Crippen LogP contribution in [0.2, 0.25) is 0 Å². The molecule has 0 fully saturated rings. The molecule has 0 saturated carbocycles. The van der Waals surface area contributed by atoms with Crippen molar-refractivity contribution in [2.75, 3.05) is 0 Å². The van der Waals surface area contributed by atoms with E-state index >= 15 is 0 Å². The topological polar surface area (TPSA) is 20.2 Å². The maximum absolute atomic E-state index is 8.98. The van der Waals surface area contributed by atoms with Gasteiger partial charge in [0.1, 0.15) is 0 Å². The maximum Gasteiger partial charge on any atom is 0.0512 e. The molecule has 1 heteroatoms. The number of aliphatic hydroxyl groups excluding tert-OH is 1. The largest absolute Gasteiger partial charge is 0.393 e. The van der Waals surface area contributed by atoms with E-state index in [2.05, 4.69) is 20.8 Å². The van der Waals surface area contributed by atoms with E-state index < -0.39 is 0 Å². The van der Waals surface area contributed by atoms with Gasteiger partial charge in [0.15, 0.2) is 0 Å². The quantitative estimate of drug-likeness (QED) is 0.642. The van der Waals surface area contributed by atoms with Gasteiger partial charge in [-0.1, -0.05) is 20.8 Å². The lowest BCUT2D eigenvalue weighted by Gasteiger charge is -2.15. The Hall–Kier alpha value is -0.0400. The van der Waals surface area contributed by atoms with Gasteiger partial charge in [-0.05, 0) is 31.6 Å². The van der Waals surface area contributed by atoms with Crippen LogP contribution in [0.4, 0.5) is 0 Å². The van der Waals surface area contributed by atoms with Crippen LogP contribution < -0.4 is 0 Å². The van der Waals surface area contributed by atoms with Crippen LogP contribution in [0.1, 0.15) is 40.5 Å². The Morgan fingerprint density at radius 1 is 1.00 bits per heavy atom. The van der Waals surface area contributed by atoms with E-state index in [0.29, 0.717) is 0 Å². The summed E-state index contributed by atoms with van der Waals surface area (Å²) in [6, 6.07) is 0. The van der Waals surface area contributed by atoms with E-state index in [0.717, 1.165) is 24.7 Å². The van der Waals surface area contributed by atoms with E-state index in [4.69, 9.17) is 5.11 Å². The highest BCUT2D eigenvalue weighted by Gasteiger charge is 2.07. The SMILES string of the molecule is CC(O)CC[C@@H](C)C(C)C. The highest BCUT2D eigenvalue weighted by molar-refractivity contribution is 4.58. The summed E-state index contributed by atoms with van der Waals surface area (Å²) in [6.07, 6.45) is 1.97. The molecule has 0 saturated heterocycles. The summed E-state index contributed by atoms with van der Waals surface area (Å²) in [6.45, 7) is 8.56. The number of rotatable bonds is 4. The van der Waals surface area contributed by atoms with Crippen LogP contribution >= 0.6 is 0 Å². The monoisotopic (exact) mass is 144 g/mol. The zero-order valence-electron chi connectivity index (χ0n) is 7.59. The van der Waals surface area contributed by atoms with Crippen molar-refractivity contribution in [1.29, 1.82) is 0 Å². The van der Waals surface area contributed by atoms with E-state index in [1.807, 2.05) is 6.92 Å². The predicted octanol–water partition coefficient (Wildman–Crippen LogP) is 2.44. The van der Waals surface area contributed by atoms with E-state index in [1.54, 1.807) is 0 Å². The van der Waals surface area contributed by atoms with Gasteiger partial charge in [0.05, 0.1) is 6.10 Å². The van der Waals surface area contributed by atoms with Gasteiger partial charge < -0.3 is 5.11 Å². The fraction of sp³-hybridized carbons (Fsp3) is 1.00. The minimum Gasteiger partial charge on any atom is -0.393 e. The third kappa shape index (κ3) is 4.80. The Labute approximate surface area is 64.5 Å². The first-order valence-electron chi connectivity index (χ1n) is 4.22. The van der Waals surface area contributed by atoms with Crippen molar-refractivity contribution in [3.05, 3.63) is 0 Å². The molecule has 2 atom stereocenters. The summed E-state index contributed by atoms with van der Waals surface area (Å²) in [5.74, 6) is 1.49. The van der Waals surface area contributed by atoms with Gasteiger partial charge >= 0.3 is 0 Å². The van der Waals surface area contributed by atoms with E-state index in [-0.39, 0.29) is 6.10 Å². The highest BCUT2D eigenvalue weighted by atomic mass is 16.3. The third-order valence-corrected chi connectivity index (χ3v) is 2.18. The Morgan fingerprint density at radius 2 is 1.50 bits per heavy atom. The molecule has 62 valence electrons. The standard InChI is InChI=1S/C9H20O/c1-7(2)8(3)5-6-9(4)10/h7-10H,5-6H2,1-4H3/t8-,9?/m1/s1. The van der Waals surface area contributed by atoms with Crippen LogP contribution in [0.5, 0.6) is 0 Å². The first kappa shape index (κ1) is 9.96. The fourth-order valence-electron chi connectivity index (χ4n) is 0.837. The molecular weight excluding hydrogens is 124 g/mol. The maximum atomic E-state index is 8.98. The van der Waals surface area contributed by atoms with Gasteiger partial charge in [0, 0.05) is 0 Å². The molecular formula is C9H20O. The van der Waals surface area contributed by atoms with Crippen LogP contribution in [0.25, 0.3) is 0 Å². The zero-order valence-corrected chi connectivity index (χ0v) is 7.59. The molecule has 0 spiro atoms. The smallest absolute Gasteiger partial charge is 0.0512 e. The first-order chi connectivity index (χ1) is 4.54. The number of aliphatic hydroxyl groups is 1. The molecule has 1 N–H and O–H groups in total. The van der Waals surface area contributed by atoms with Crippen molar-refractivity contribution in [2.24, 2.45) is 11.8 Å². The molecule has 0 aliphatic heterocycles. The summed E-state index contributed by atoms with van der Waals surface area (Å²) in [7, 11) is 0.